The molecule has 2 atom stereocenters. The molecule has 0 amide bonds. The highest BCUT2D eigenvalue weighted by Crippen LogP contribution is 2.33. The molecule has 1 unspecified atom stereocenters. The van der Waals surface area contributed by atoms with Gasteiger partial charge in [-0.05, 0) is 73.2 Å². The first-order valence-electron chi connectivity index (χ1n) is 11.7. The van der Waals surface area contributed by atoms with Gasteiger partial charge >= 0.3 is 0 Å². The van der Waals surface area contributed by atoms with Crippen molar-refractivity contribution in [2.45, 2.75) is 38.3 Å². The number of hydrogen-bond donors (Lipinski definition) is 1. The number of benzene rings is 2. The van der Waals surface area contributed by atoms with Crippen LogP contribution in [0.2, 0.25) is 0 Å². The Morgan fingerprint density at radius 2 is 2.06 bits per heavy atom. The maximum Gasteiger partial charge on any atom is 0.143 e. The van der Waals surface area contributed by atoms with Crippen molar-refractivity contribution in [3.05, 3.63) is 77.3 Å². The van der Waals surface area contributed by atoms with Crippen LogP contribution in [0.1, 0.15) is 43.4 Å². The van der Waals surface area contributed by atoms with E-state index >= 15 is 0 Å². The number of likely N-dealkylation sites (tertiary alicyclic amines) is 1. The lowest BCUT2D eigenvalue weighted by Gasteiger charge is -2.34. The number of nitrogens with zero attached hydrogens (tertiary/aromatic N) is 3. The lowest BCUT2D eigenvalue weighted by molar-refractivity contribution is 0.0404. The van der Waals surface area contributed by atoms with Gasteiger partial charge in [0.1, 0.15) is 17.7 Å². The zero-order chi connectivity index (χ0) is 24.1. The van der Waals surface area contributed by atoms with Crippen LogP contribution in [0.25, 0.3) is 6.08 Å². The van der Waals surface area contributed by atoms with Crippen LogP contribution in [0.3, 0.4) is 0 Å². The normalized spacial score (nSPS) is 20.3. The second kappa shape index (κ2) is 10.8. The number of anilines is 1. The van der Waals surface area contributed by atoms with Gasteiger partial charge in [0.15, 0.2) is 0 Å². The van der Waals surface area contributed by atoms with Crippen LogP contribution in [-0.2, 0) is 4.84 Å². The molecule has 0 radical (unpaired) electrons. The van der Waals surface area contributed by atoms with Crippen molar-refractivity contribution in [2.24, 2.45) is 10.9 Å². The Morgan fingerprint density at radius 1 is 1.26 bits per heavy atom. The molecule has 0 aliphatic carbocycles. The van der Waals surface area contributed by atoms with Crippen molar-refractivity contribution >= 4 is 18.1 Å². The molecule has 2 aliphatic rings. The van der Waals surface area contributed by atoms with E-state index in [0.717, 1.165) is 60.7 Å². The molecule has 0 spiro atoms. The topological polar surface area (TPSA) is 63.3 Å². The fourth-order valence-corrected chi connectivity index (χ4v) is 4.56. The molecule has 2 heterocycles. The third-order valence-electron chi connectivity index (χ3n) is 6.47. The number of piperidine rings is 1. The summed E-state index contributed by atoms with van der Waals surface area (Å²) in [5.74, 6) is 6.10. The molecule has 1 saturated heterocycles. The molecule has 180 valence electrons. The van der Waals surface area contributed by atoms with Crippen LogP contribution >= 0.6 is 0 Å². The van der Waals surface area contributed by atoms with Gasteiger partial charge < -0.3 is 14.5 Å². The highest BCUT2D eigenvalue weighted by molar-refractivity contribution is 5.85. The summed E-state index contributed by atoms with van der Waals surface area (Å²) >= 11 is 0. The molecule has 2 N–H and O–H groups in total. The molecule has 7 heteroatoms. The highest BCUT2D eigenvalue weighted by atomic mass is 19.1. The van der Waals surface area contributed by atoms with Crippen LogP contribution in [0.5, 0.6) is 5.75 Å². The Labute approximate surface area is 201 Å². The minimum Gasteiger partial charge on any atom is -0.495 e. The molecule has 0 bridgehead atoms. The van der Waals surface area contributed by atoms with Crippen LogP contribution in [-0.4, -0.2) is 44.0 Å². The predicted octanol–water partition coefficient (Wildman–Crippen LogP) is 5.09. The second-order valence-corrected chi connectivity index (χ2v) is 8.87. The average Bonchev–Trinajstić information content (AvgIpc) is 3.28. The number of halogens is 1. The molecule has 2 aliphatic heterocycles. The van der Waals surface area contributed by atoms with Gasteiger partial charge in [0.2, 0.25) is 0 Å². The maximum absolute atomic E-state index is 13.3. The van der Waals surface area contributed by atoms with E-state index in [0.29, 0.717) is 6.42 Å². The largest absolute Gasteiger partial charge is 0.495 e. The first-order valence-corrected chi connectivity index (χ1v) is 11.7. The van der Waals surface area contributed by atoms with Crippen LogP contribution in [0, 0.1) is 5.82 Å². The summed E-state index contributed by atoms with van der Waals surface area (Å²) in [5, 5.41) is 0. The van der Waals surface area contributed by atoms with Crippen molar-refractivity contribution in [1.82, 2.24) is 4.90 Å². The molecule has 4 rings (SSSR count). The van der Waals surface area contributed by atoms with E-state index in [-0.39, 0.29) is 18.0 Å². The van der Waals surface area contributed by atoms with Crippen molar-refractivity contribution in [3.63, 3.8) is 0 Å². The van der Waals surface area contributed by atoms with Crippen molar-refractivity contribution in [1.29, 1.82) is 0 Å². The van der Waals surface area contributed by atoms with E-state index < -0.39 is 0 Å². The van der Waals surface area contributed by atoms with Crippen LogP contribution in [0.4, 0.5) is 10.1 Å². The quantitative estimate of drug-likeness (QED) is 0.552. The highest BCUT2D eigenvalue weighted by Gasteiger charge is 2.21. The Balaban J connectivity index is 1.44. The SMILES string of the molecule is C=C1/C(=C/c2ccc(N3C=NC(C)C3)c(OC)c2)CCCN1CC[C@H](ON)c1ccc(F)cc1. The van der Waals surface area contributed by atoms with Gasteiger partial charge in [0.25, 0.3) is 0 Å². The summed E-state index contributed by atoms with van der Waals surface area (Å²) < 4.78 is 18.9. The summed E-state index contributed by atoms with van der Waals surface area (Å²) in [5.41, 5.74) is 5.20. The summed E-state index contributed by atoms with van der Waals surface area (Å²) in [6, 6.07) is 12.8. The Morgan fingerprint density at radius 3 is 2.74 bits per heavy atom. The third kappa shape index (κ3) is 5.48. The van der Waals surface area contributed by atoms with Gasteiger partial charge in [0.05, 0.1) is 25.2 Å². The molecule has 0 aromatic heterocycles. The second-order valence-electron chi connectivity index (χ2n) is 8.87. The van der Waals surface area contributed by atoms with E-state index in [1.807, 2.05) is 6.34 Å². The molecule has 34 heavy (non-hydrogen) atoms. The van der Waals surface area contributed by atoms with Gasteiger partial charge in [-0.15, -0.1) is 0 Å². The fraction of sp³-hybridized carbons (Fsp3) is 0.370. The molecule has 1 fully saturated rings. The zero-order valence-electron chi connectivity index (χ0n) is 19.9. The van der Waals surface area contributed by atoms with Gasteiger partial charge in [-0.1, -0.05) is 24.8 Å². The predicted molar refractivity (Wildman–Crippen MR) is 135 cm³/mol. The lowest BCUT2D eigenvalue weighted by Crippen LogP contribution is -2.31. The molecular formula is C27H33FN4O2. The number of aliphatic imine (C=N–C) groups is 1. The number of rotatable bonds is 8. The molecular weight excluding hydrogens is 431 g/mol. The molecule has 0 saturated carbocycles. The van der Waals surface area contributed by atoms with Gasteiger partial charge in [0, 0.05) is 25.3 Å². The van der Waals surface area contributed by atoms with Gasteiger partial charge in [-0.3, -0.25) is 9.83 Å². The van der Waals surface area contributed by atoms with E-state index in [1.165, 1.54) is 17.7 Å². The van der Waals surface area contributed by atoms with Crippen LogP contribution < -0.4 is 15.5 Å². The van der Waals surface area contributed by atoms with Crippen LogP contribution in [0.15, 0.2) is 65.3 Å². The maximum atomic E-state index is 13.3. The van der Waals surface area contributed by atoms with Crippen molar-refractivity contribution < 1.29 is 14.0 Å². The molecule has 2 aromatic carbocycles. The first-order chi connectivity index (χ1) is 16.5. The summed E-state index contributed by atoms with van der Waals surface area (Å²) in [4.78, 5) is 14.0. The standard InChI is InChI=1S/C27H33FN4O2/c1-19-17-32(18-30-19)25-11-6-21(16-27(25)33-3)15-23-5-4-13-31(20(23)2)14-12-26(34-29)22-7-9-24(28)10-8-22/h6-11,15-16,18-19,26H,2,4-5,12-14,17,29H2,1,3H3/b23-15+/t19?,26-/m0/s1. The Bertz CT molecular complexity index is 1070. The van der Waals surface area contributed by atoms with E-state index in [9.17, 15) is 4.39 Å². The third-order valence-corrected chi connectivity index (χ3v) is 6.47. The zero-order valence-corrected chi connectivity index (χ0v) is 19.9. The molecule has 6 nitrogen and oxygen atoms in total. The Hall–Kier alpha value is -3.16. The van der Waals surface area contributed by atoms with Gasteiger partial charge in [-0.2, -0.15) is 0 Å². The van der Waals surface area contributed by atoms with E-state index in [2.05, 4.69) is 52.6 Å². The lowest BCUT2D eigenvalue weighted by atomic mass is 9.97. The van der Waals surface area contributed by atoms with Crippen molar-refractivity contribution in [3.8, 4) is 5.75 Å². The minimum absolute atomic E-state index is 0.272. The first kappa shape index (κ1) is 24.0. The number of hydrogen-bond acceptors (Lipinski definition) is 6. The molecule has 2 aromatic rings. The number of ether oxygens (including phenoxy) is 1. The van der Waals surface area contributed by atoms with E-state index in [1.54, 1.807) is 19.2 Å². The minimum atomic E-state index is -0.295. The monoisotopic (exact) mass is 464 g/mol. The summed E-state index contributed by atoms with van der Waals surface area (Å²) in [6.45, 7) is 9.02. The Kier molecular flexibility index (Phi) is 7.65. The number of nitrogens with two attached hydrogens (primary N) is 1. The summed E-state index contributed by atoms with van der Waals surface area (Å²) in [7, 11) is 1.70. The fourth-order valence-electron chi connectivity index (χ4n) is 4.56. The smallest absolute Gasteiger partial charge is 0.143 e. The van der Waals surface area contributed by atoms with Crippen molar-refractivity contribution in [2.75, 3.05) is 31.6 Å². The summed E-state index contributed by atoms with van der Waals surface area (Å²) in [6.07, 6.45) is 6.49. The number of allylic oxidation sites excluding steroid dienone is 1. The van der Waals surface area contributed by atoms with E-state index in [4.69, 9.17) is 15.5 Å². The van der Waals surface area contributed by atoms with Gasteiger partial charge in [-0.25, -0.2) is 10.3 Å². The number of methoxy groups -OCH3 is 1. The average molecular weight is 465 g/mol.